The molecule has 0 spiro atoms. The number of anilines is 2. The van der Waals surface area contributed by atoms with Gasteiger partial charge in [0.05, 0.1) is 16.6 Å². The maximum atomic E-state index is 12.9. The Kier molecular flexibility index (Phi) is 5.27. The second-order valence-electron chi connectivity index (χ2n) is 6.20. The van der Waals surface area contributed by atoms with Gasteiger partial charge in [-0.2, -0.15) is 0 Å². The summed E-state index contributed by atoms with van der Waals surface area (Å²) in [7, 11) is 0. The van der Waals surface area contributed by atoms with E-state index in [0.29, 0.717) is 10.8 Å². The molecule has 0 atom stereocenters. The zero-order valence-corrected chi connectivity index (χ0v) is 15.2. The van der Waals surface area contributed by atoms with E-state index in [1.807, 2.05) is 32.0 Å². The van der Waals surface area contributed by atoms with Gasteiger partial charge in [-0.15, -0.1) is 0 Å². The predicted molar refractivity (Wildman–Crippen MR) is 102 cm³/mol. The summed E-state index contributed by atoms with van der Waals surface area (Å²) in [6, 6.07) is 11.2. The predicted octanol–water partition coefficient (Wildman–Crippen LogP) is 4.21. The van der Waals surface area contributed by atoms with E-state index in [-0.39, 0.29) is 30.0 Å². The Labute approximate surface area is 154 Å². The van der Waals surface area contributed by atoms with Crippen molar-refractivity contribution >= 4 is 44.2 Å². The van der Waals surface area contributed by atoms with Crippen LogP contribution < -0.4 is 10.6 Å². The quantitative estimate of drug-likeness (QED) is 0.706. The van der Waals surface area contributed by atoms with Gasteiger partial charge in [0.2, 0.25) is 11.8 Å². The Morgan fingerprint density at radius 1 is 1.12 bits per heavy atom. The normalized spacial score (nSPS) is 10.9. The van der Waals surface area contributed by atoms with E-state index in [4.69, 9.17) is 0 Å². The van der Waals surface area contributed by atoms with Crippen molar-refractivity contribution in [1.82, 2.24) is 4.98 Å². The lowest BCUT2D eigenvalue weighted by Gasteiger charge is -2.05. The van der Waals surface area contributed by atoms with Gasteiger partial charge in [0.15, 0.2) is 5.13 Å². The number of nitrogens with zero attached hydrogens (tertiary/aromatic N) is 1. The molecule has 0 saturated carbocycles. The fourth-order valence-corrected chi connectivity index (χ4v) is 3.24. The van der Waals surface area contributed by atoms with Crippen LogP contribution in [0.5, 0.6) is 0 Å². The molecule has 0 saturated heterocycles. The number of aromatic nitrogens is 1. The average molecular weight is 371 g/mol. The van der Waals surface area contributed by atoms with Crippen LogP contribution in [0.4, 0.5) is 15.2 Å². The Bertz CT molecular complexity index is 951. The standard InChI is InChI=1S/C19H18FN3O2S/c1-11(2)18(25)23-19-22-15-8-3-12(9-16(15)26-19)10-17(24)21-14-6-4-13(20)5-7-14/h3-9,11H,10H2,1-2H3,(H,21,24)(H,22,23,25). The van der Waals surface area contributed by atoms with Crippen molar-refractivity contribution in [2.75, 3.05) is 10.6 Å². The highest BCUT2D eigenvalue weighted by atomic mass is 32.1. The van der Waals surface area contributed by atoms with Gasteiger partial charge < -0.3 is 10.6 Å². The number of amides is 2. The molecule has 2 aromatic carbocycles. The van der Waals surface area contributed by atoms with Gasteiger partial charge in [0.1, 0.15) is 5.82 Å². The number of carbonyl (C=O) groups excluding carboxylic acids is 2. The highest BCUT2D eigenvalue weighted by molar-refractivity contribution is 7.22. The molecule has 3 rings (SSSR count). The summed E-state index contributed by atoms with van der Waals surface area (Å²) < 4.78 is 13.8. The summed E-state index contributed by atoms with van der Waals surface area (Å²) >= 11 is 1.37. The maximum absolute atomic E-state index is 12.9. The Hall–Kier alpha value is -2.80. The van der Waals surface area contributed by atoms with Crippen LogP contribution in [-0.4, -0.2) is 16.8 Å². The van der Waals surface area contributed by atoms with Crippen molar-refractivity contribution in [1.29, 1.82) is 0 Å². The SMILES string of the molecule is CC(C)C(=O)Nc1nc2ccc(CC(=O)Nc3ccc(F)cc3)cc2s1. The molecule has 0 unspecified atom stereocenters. The molecule has 2 N–H and O–H groups in total. The zero-order valence-electron chi connectivity index (χ0n) is 14.4. The van der Waals surface area contributed by atoms with Crippen molar-refractivity contribution in [2.45, 2.75) is 20.3 Å². The first-order valence-electron chi connectivity index (χ1n) is 8.16. The Morgan fingerprint density at radius 2 is 1.85 bits per heavy atom. The van der Waals surface area contributed by atoms with Gasteiger partial charge in [0, 0.05) is 11.6 Å². The van der Waals surface area contributed by atoms with Crippen molar-refractivity contribution in [3.05, 3.63) is 53.8 Å². The summed E-state index contributed by atoms with van der Waals surface area (Å²) in [5, 5.41) is 6.07. The Morgan fingerprint density at radius 3 is 2.54 bits per heavy atom. The molecule has 0 fully saturated rings. The van der Waals surface area contributed by atoms with Gasteiger partial charge in [-0.3, -0.25) is 9.59 Å². The molecule has 0 aliphatic rings. The molecule has 1 heterocycles. The molecule has 3 aromatic rings. The molecule has 7 heteroatoms. The van der Waals surface area contributed by atoms with Gasteiger partial charge in [-0.05, 0) is 42.0 Å². The number of rotatable bonds is 5. The first kappa shape index (κ1) is 18.0. The second-order valence-corrected chi connectivity index (χ2v) is 7.23. The summed E-state index contributed by atoms with van der Waals surface area (Å²) in [6.45, 7) is 3.64. The lowest BCUT2D eigenvalue weighted by Crippen LogP contribution is -2.17. The number of thiazole rings is 1. The molecule has 26 heavy (non-hydrogen) atoms. The molecule has 0 radical (unpaired) electrons. The number of carbonyl (C=O) groups is 2. The van der Waals surface area contributed by atoms with Crippen molar-refractivity contribution < 1.29 is 14.0 Å². The minimum absolute atomic E-state index is 0.0806. The Balaban J connectivity index is 1.69. The van der Waals surface area contributed by atoms with E-state index in [1.54, 1.807) is 0 Å². The summed E-state index contributed by atoms with van der Waals surface area (Å²) in [4.78, 5) is 28.3. The second kappa shape index (κ2) is 7.61. The third-order valence-electron chi connectivity index (χ3n) is 3.70. The fraction of sp³-hybridized carbons (Fsp3) is 0.211. The van der Waals surface area contributed by atoms with Gasteiger partial charge in [0.25, 0.3) is 0 Å². The van der Waals surface area contributed by atoms with Crippen molar-refractivity contribution in [3.8, 4) is 0 Å². The molecular weight excluding hydrogens is 353 g/mol. The van der Waals surface area contributed by atoms with Crippen LogP contribution in [0, 0.1) is 11.7 Å². The number of benzene rings is 2. The first-order chi connectivity index (χ1) is 12.4. The highest BCUT2D eigenvalue weighted by Gasteiger charge is 2.12. The van der Waals surface area contributed by atoms with Gasteiger partial charge >= 0.3 is 0 Å². The van der Waals surface area contributed by atoms with E-state index < -0.39 is 0 Å². The minimum atomic E-state index is -0.348. The molecule has 134 valence electrons. The van der Waals surface area contributed by atoms with Crippen LogP contribution in [0.25, 0.3) is 10.2 Å². The van der Waals surface area contributed by atoms with Crippen LogP contribution in [0.1, 0.15) is 19.4 Å². The number of nitrogens with one attached hydrogen (secondary N) is 2. The van der Waals surface area contributed by atoms with Gasteiger partial charge in [-0.25, -0.2) is 9.37 Å². The van der Waals surface area contributed by atoms with Crippen LogP contribution in [0.2, 0.25) is 0 Å². The van der Waals surface area contributed by atoms with E-state index >= 15 is 0 Å². The minimum Gasteiger partial charge on any atom is -0.326 e. The van der Waals surface area contributed by atoms with E-state index in [2.05, 4.69) is 15.6 Å². The number of hydrogen-bond acceptors (Lipinski definition) is 4. The van der Waals surface area contributed by atoms with Crippen molar-refractivity contribution in [2.24, 2.45) is 5.92 Å². The topological polar surface area (TPSA) is 71.1 Å². The largest absolute Gasteiger partial charge is 0.326 e. The summed E-state index contributed by atoms with van der Waals surface area (Å²) in [5.74, 6) is -0.733. The molecule has 0 aliphatic heterocycles. The molecule has 2 amide bonds. The van der Waals surface area contributed by atoms with Crippen LogP contribution >= 0.6 is 11.3 Å². The smallest absolute Gasteiger partial charge is 0.228 e. The fourth-order valence-electron chi connectivity index (χ4n) is 2.31. The lowest BCUT2D eigenvalue weighted by molar-refractivity contribution is -0.119. The number of halogens is 1. The van der Waals surface area contributed by atoms with Gasteiger partial charge in [-0.1, -0.05) is 31.3 Å². The van der Waals surface area contributed by atoms with Crippen molar-refractivity contribution in [3.63, 3.8) is 0 Å². The van der Waals surface area contributed by atoms with E-state index in [1.165, 1.54) is 35.6 Å². The zero-order chi connectivity index (χ0) is 18.7. The molecule has 1 aromatic heterocycles. The molecular formula is C19H18FN3O2S. The van der Waals surface area contributed by atoms with E-state index in [0.717, 1.165) is 15.8 Å². The monoisotopic (exact) mass is 371 g/mol. The van der Waals surface area contributed by atoms with Crippen LogP contribution in [0.3, 0.4) is 0 Å². The lowest BCUT2D eigenvalue weighted by atomic mass is 10.1. The number of hydrogen-bond donors (Lipinski definition) is 2. The average Bonchev–Trinajstić information content (AvgIpc) is 2.98. The molecule has 0 bridgehead atoms. The summed E-state index contributed by atoms with van der Waals surface area (Å²) in [5.41, 5.74) is 2.16. The van der Waals surface area contributed by atoms with E-state index in [9.17, 15) is 14.0 Å². The number of fused-ring (bicyclic) bond motifs is 1. The van der Waals surface area contributed by atoms with Crippen LogP contribution in [0.15, 0.2) is 42.5 Å². The first-order valence-corrected chi connectivity index (χ1v) is 8.98. The third-order valence-corrected chi connectivity index (χ3v) is 4.63. The maximum Gasteiger partial charge on any atom is 0.228 e. The molecule has 5 nitrogen and oxygen atoms in total. The highest BCUT2D eigenvalue weighted by Crippen LogP contribution is 2.27. The van der Waals surface area contributed by atoms with Crippen LogP contribution in [-0.2, 0) is 16.0 Å². The molecule has 0 aliphatic carbocycles. The summed E-state index contributed by atoms with van der Waals surface area (Å²) in [6.07, 6.45) is 0.193. The third kappa shape index (κ3) is 4.43.